The molecule has 2 rings (SSSR count). The van der Waals surface area contributed by atoms with Crippen molar-refractivity contribution < 1.29 is 5.11 Å². The van der Waals surface area contributed by atoms with Crippen molar-refractivity contribution in [1.29, 1.82) is 0 Å². The molecule has 0 atom stereocenters. The van der Waals surface area contributed by atoms with Gasteiger partial charge in [-0.15, -0.1) is 0 Å². The fraction of sp³-hybridized carbons (Fsp3) is 0.333. The number of aromatic nitrogens is 2. The normalized spacial score (nSPS) is 10.8. The van der Waals surface area contributed by atoms with Gasteiger partial charge in [0.25, 0.3) is 5.56 Å². The summed E-state index contributed by atoms with van der Waals surface area (Å²) in [7, 11) is 0. The second-order valence-electron chi connectivity index (χ2n) is 5.18. The third-order valence-electron chi connectivity index (χ3n) is 2.85. The van der Waals surface area contributed by atoms with Crippen LogP contribution < -0.4 is 10.9 Å². The Kier molecular flexibility index (Phi) is 4.40. The lowest BCUT2D eigenvalue weighted by Gasteiger charge is -2.10. The predicted octanol–water partition coefficient (Wildman–Crippen LogP) is 2.07. The lowest BCUT2D eigenvalue weighted by Crippen LogP contribution is -2.23. The van der Waals surface area contributed by atoms with Crippen molar-refractivity contribution in [2.45, 2.75) is 20.4 Å². The molecule has 0 saturated carbocycles. The molecule has 20 heavy (non-hydrogen) atoms. The summed E-state index contributed by atoms with van der Waals surface area (Å²) in [6, 6.07) is 8.29. The van der Waals surface area contributed by atoms with E-state index in [0.717, 1.165) is 17.8 Å². The molecule has 1 heterocycles. The minimum atomic E-state index is -0.146. The highest BCUT2D eigenvalue weighted by atomic mass is 16.3. The molecule has 5 nitrogen and oxygen atoms in total. The summed E-state index contributed by atoms with van der Waals surface area (Å²) in [4.78, 5) is 12.0. The highest BCUT2D eigenvalue weighted by Gasteiger charge is 2.02. The molecule has 5 heteroatoms. The van der Waals surface area contributed by atoms with E-state index < -0.39 is 0 Å². The maximum Gasteiger partial charge on any atom is 0.269 e. The third kappa shape index (κ3) is 3.85. The Hall–Kier alpha value is -2.30. The molecule has 0 aliphatic carbocycles. The molecule has 0 amide bonds. The van der Waals surface area contributed by atoms with Gasteiger partial charge in [0, 0.05) is 12.6 Å². The molecule has 2 N–H and O–H groups in total. The summed E-state index contributed by atoms with van der Waals surface area (Å²) in [5, 5.41) is 16.6. The summed E-state index contributed by atoms with van der Waals surface area (Å²) in [5.41, 5.74) is 1.51. The van der Waals surface area contributed by atoms with Crippen LogP contribution in [0.4, 0.5) is 5.69 Å². The number of nitrogens with one attached hydrogen (secondary N) is 1. The van der Waals surface area contributed by atoms with Crippen LogP contribution in [0.25, 0.3) is 0 Å². The Labute approximate surface area is 117 Å². The number of hydrogen-bond donors (Lipinski definition) is 2. The summed E-state index contributed by atoms with van der Waals surface area (Å²) < 4.78 is 1.40. The van der Waals surface area contributed by atoms with Crippen LogP contribution in [-0.4, -0.2) is 21.4 Å². The lowest BCUT2D eigenvalue weighted by atomic mass is 10.2. The Balaban J connectivity index is 2.09. The molecule has 0 bridgehead atoms. The Morgan fingerprint density at radius 1 is 1.30 bits per heavy atom. The van der Waals surface area contributed by atoms with Crippen LogP contribution in [0.1, 0.15) is 19.4 Å². The van der Waals surface area contributed by atoms with E-state index in [1.54, 1.807) is 36.5 Å². The molecule has 0 aliphatic rings. The van der Waals surface area contributed by atoms with Crippen LogP contribution in [0, 0.1) is 5.92 Å². The Morgan fingerprint density at radius 3 is 2.60 bits per heavy atom. The van der Waals surface area contributed by atoms with Gasteiger partial charge >= 0.3 is 0 Å². The Morgan fingerprint density at radius 2 is 2.00 bits per heavy atom. The van der Waals surface area contributed by atoms with Crippen LogP contribution in [0.15, 0.2) is 41.3 Å². The minimum Gasteiger partial charge on any atom is -0.508 e. The van der Waals surface area contributed by atoms with Crippen LogP contribution >= 0.6 is 0 Å². The SMILES string of the molecule is CC(C)CNc1cnn(Cc2ccc(O)cc2)c(=O)c1. The van der Waals surface area contributed by atoms with E-state index in [4.69, 9.17) is 0 Å². The maximum absolute atomic E-state index is 12.0. The largest absolute Gasteiger partial charge is 0.508 e. The van der Waals surface area contributed by atoms with Gasteiger partial charge in [0.15, 0.2) is 0 Å². The van der Waals surface area contributed by atoms with Gasteiger partial charge in [-0.05, 0) is 23.6 Å². The zero-order valence-electron chi connectivity index (χ0n) is 11.7. The van der Waals surface area contributed by atoms with Gasteiger partial charge in [-0.3, -0.25) is 4.79 Å². The molecule has 1 aromatic carbocycles. The smallest absolute Gasteiger partial charge is 0.269 e. The molecule has 0 spiro atoms. The van der Waals surface area contributed by atoms with E-state index in [1.807, 2.05) is 0 Å². The minimum absolute atomic E-state index is 0.146. The van der Waals surface area contributed by atoms with Crippen LogP contribution in [-0.2, 0) is 6.54 Å². The van der Waals surface area contributed by atoms with Gasteiger partial charge in [0.2, 0.25) is 0 Å². The first-order valence-corrected chi connectivity index (χ1v) is 6.63. The number of anilines is 1. The van der Waals surface area contributed by atoms with Crippen molar-refractivity contribution in [2.24, 2.45) is 5.92 Å². The van der Waals surface area contributed by atoms with Crippen molar-refractivity contribution in [3.8, 4) is 5.75 Å². The molecule has 0 unspecified atom stereocenters. The number of rotatable bonds is 5. The van der Waals surface area contributed by atoms with Crippen molar-refractivity contribution in [2.75, 3.05) is 11.9 Å². The summed E-state index contributed by atoms with van der Waals surface area (Å²) in [6.45, 7) is 5.41. The fourth-order valence-corrected chi connectivity index (χ4v) is 1.75. The number of phenols is 1. The van der Waals surface area contributed by atoms with Crippen LogP contribution in [0.3, 0.4) is 0 Å². The number of aromatic hydroxyl groups is 1. The number of benzene rings is 1. The highest BCUT2D eigenvalue weighted by molar-refractivity contribution is 5.38. The quantitative estimate of drug-likeness (QED) is 0.875. The predicted molar refractivity (Wildman–Crippen MR) is 79.0 cm³/mol. The Bertz CT molecular complexity index is 618. The van der Waals surface area contributed by atoms with Crippen molar-refractivity contribution in [3.05, 3.63) is 52.4 Å². The van der Waals surface area contributed by atoms with E-state index in [1.165, 1.54) is 4.68 Å². The maximum atomic E-state index is 12.0. The van der Waals surface area contributed by atoms with E-state index in [9.17, 15) is 9.90 Å². The molecule has 0 saturated heterocycles. The third-order valence-corrected chi connectivity index (χ3v) is 2.85. The first-order chi connectivity index (χ1) is 9.54. The van der Waals surface area contributed by atoms with E-state index in [-0.39, 0.29) is 11.3 Å². The second kappa shape index (κ2) is 6.23. The molecular formula is C15H19N3O2. The van der Waals surface area contributed by atoms with Gasteiger partial charge in [0.1, 0.15) is 5.75 Å². The van der Waals surface area contributed by atoms with Gasteiger partial charge < -0.3 is 10.4 Å². The second-order valence-corrected chi connectivity index (χ2v) is 5.18. The topological polar surface area (TPSA) is 67.2 Å². The average Bonchev–Trinajstić information content (AvgIpc) is 2.41. The van der Waals surface area contributed by atoms with E-state index in [2.05, 4.69) is 24.3 Å². The van der Waals surface area contributed by atoms with Gasteiger partial charge in [-0.1, -0.05) is 26.0 Å². The molecule has 0 fully saturated rings. The summed E-state index contributed by atoms with van der Waals surface area (Å²) in [6.07, 6.45) is 1.66. The van der Waals surface area contributed by atoms with Crippen LogP contribution in [0.2, 0.25) is 0 Å². The number of hydrogen-bond acceptors (Lipinski definition) is 4. The van der Waals surface area contributed by atoms with Crippen molar-refractivity contribution in [3.63, 3.8) is 0 Å². The molecule has 0 radical (unpaired) electrons. The highest BCUT2D eigenvalue weighted by Crippen LogP contribution is 2.10. The fourth-order valence-electron chi connectivity index (χ4n) is 1.75. The number of phenolic OH excluding ortho intramolecular Hbond substituents is 1. The molecule has 1 aromatic heterocycles. The van der Waals surface area contributed by atoms with E-state index >= 15 is 0 Å². The van der Waals surface area contributed by atoms with Crippen molar-refractivity contribution in [1.82, 2.24) is 9.78 Å². The average molecular weight is 273 g/mol. The molecule has 2 aromatic rings. The standard InChI is InChI=1S/C15H19N3O2/c1-11(2)8-16-13-7-15(20)18(17-9-13)10-12-3-5-14(19)6-4-12/h3-7,9,11,16,19H,8,10H2,1-2H3. The summed E-state index contributed by atoms with van der Waals surface area (Å²) >= 11 is 0. The van der Waals surface area contributed by atoms with Crippen LogP contribution in [0.5, 0.6) is 5.75 Å². The zero-order valence-corrected chi connectivity index (χ0v) is 11.7. The van der Waals surface area contributed by atoms with E-state index in [0.29, 0.717) is 12.5 Å². The van der Waals surface area contributed by atoms with Crippen molar-refractivity contribution >= 4 is 5.69 Å². The van der Waals surface area contributed by atoms with Gasteiger partial charge in [-0.25, -0.2) is 4.68 Å². The first-order valence-electron chi connectivity index (χ1n) is 6.63. The molecule has 106 valence electrons. The lowest BCUT2D eigenvalue weighted by molar-refractivity contribution is 0.475. The molecule has 0 aliphatic heterocycles. The monoisotopic (exact) mass is 273 g/mol. The number of nitrogens with zero attached hydrogens (tertiary/aromatic N) is 2. The molecular weight excluding hydrogens is 254 g/mol. The first kappa shape index (κ1) is 14.1. The van der Waals surface area contributed by atoms with Gasteiger partial charge in [0.05, 0.1) is 18.4 Å². The van der Waals surface area contributed by atoms with Gasteiger partial charge in [-0.2, -0.15) is 5.10 Å². The zero-order chi connectivity index (χ0) is 14.5. The summed E-state index contributed by atoms with van der Waals surface area (Å²) in [5.74, 6) is 0.719.